The minimum absolute atomic E-state index is 0.422. The van der Waals surface area contributed by atoms with Crippen LogP contribution in [0.5, 0.6) is 5.75 Å². The van der Waals surface area contributed by atoms with Gasteiger partial charge in [-0.3, -0.25) is 0 Å². The van der Waals surface area contributed by atoms with E-state index in [0.29, 0.717) is 0 Å². The van der Waals surface area contributed by atoms with Gasteiger partial charge in [0.25, 0.3) is 5.92 Å². The van der Waals surface area contributed by atoms with E-state index >= 15 is 0 Å². The van der Waals surface area contributed by atoms with Crippen molar-refractivity contribution in [1.82, 2.24) is 0 Å². The summed E-state index contributed by atoms with van der Waals surface area (Å²) >= 11 is 0. The maximum absolute atomic E-state index is 14.1. The fourth-order valence-electron chi connectivity index (χ4n) is 2.75. The monoisotopic (exact) mass is 372 g/mol. The summed E-state index contributed by atoms with van der Waals surface area (Å²) in [5, 5.41) is 9.69. The molecule has 1 aromatic rings. The molecule has 3 atom stereocenters. The summed E-state index contributed by atoms with van der Waals surface area (Å²) in [6.45, 7) is -0.522. The van der Waals surface area contributed by atoms with E-state index < -0.39 is 74.7 Å². The van der Waals surface area contributed by atoms with Crippen LogP contribution in [0.2, 0.25) is 0 Å². The fourth-order valence-corrected chi connectivity index (χ4v) is 3.69. The largest absolute Gasteiger partial charge is 0.493 e. The van der Waals surface area contributed by atoms with Crippen LogP contribution in [-0.2, 0) is 9.84 Å². The lowest BCUT2D eigenvalue weighted by Crippen LogP contribution is -2.24. The van der Waals surface area contributed by atoms with Crippen LogP contribution in [0.1, 0.15) is 29.8 Å². The molecule has 1 N–H and O–H groups in total. The molecule has 0 aliphatic heterocycles. The van der Waals surface area contributed by atoms with Crippen molar-refractivity contribution >= 4 is 9.84 Å². The van der Waals surface area contributed by atoms with Gasteiger partial charge in [-0.05, 0) is 12.1 Å². The highest BCUT2D eigenvalue weighted by Crippen LogP contribution is 2.57. The Hall–Kier alpha value is -1.42. The second-order valence-corrected chi connectivity index (χ2v) is 8.06. The lowest BCUT2D eigenvalue weighted by molar-refractivity contribution is -0.144. The van der Waals surface area contributed by atoms with Crippen molar-refractivity contribution in [2.45, 2.75) is 35.4 Å². The second-order valence-electron chi connectivity index (χ2n) is 6.07. The number of fused-ring (bicyclic) bond motifs is 1. The number of hydrogen-bond acceptors (Lipinski definition) is 4. The third-order valence-electron chi connectivity index (χ3n) is 4.23. The number of halogens is 5. The predicted octanol–water partition coefficient (Wildman–Crippen LogP) is 2.82. The van der Waals surface area contributed by atoms with Crippen LogP contribution in [0.3, 0.4) is 0 Å². The third kappa shape index (κ3) is 2.55. The van der Waals surface area contributed by atoms with Gasteiger partial charge in [0.1, 0.15) is 11.9 Å². The van der Waals surface area contributed by atoms with E-state index in [2.05, 4.69) is 0 Å². The Morgan fingerprint density at radius 1 is 1.25 bits per heavy atom. The zero-order valence-corrected chi connectivity index (χ0v) is 13.1. The Morgan fingerprint density at radius 3 is 2.33 bits per heavy atom. The maximum atomic E-state index is 14.1. The first-order valence-corrected chi connectivity index (χ1v) is 8.84. The molecule has 1 saturated carbocycles. The van der Waals surface area contributed by atoms with Crippen LogP contribution in [0.4, 0.5) is 22.0 Å². The number of ether oxygens (including phenoxy) is 1. The highest BCUT2D eigenvalue weighted by molar-refractivity contribution is 7.90. The highest BCUT2D eigenvalue weighted by atomic mass is 32.2. The molecule has 0 spiro atoms. The number of hydrogen-bond donors (Lipinski definition) is 1. The van der Waals surface area contributed by atoms with Crippen molar-refractivity contribution < 1.29 is 40.2 Å². The number of sulfone groups is 1. The van der Waals surface area contributed by atoms with E-state index in [1.807, 2.05) is 0 Å². The first-order chi connectivity index (χ1) is 10.9. The van der Waals surface area contributed by atoms with E-state index in [0.717, 1.165) is 18.4 Å². The predicted molar refractivity (Wildman–Crippen MR) is 71.9 cm³/mol. The van der Waals surface area contributed by atoms with E-state index in [1.54, 1.807) is 0 Å². The Balaban J connectivity index is 2.05. The van der Waals surface area contributed by atoms with Crippen LogP contribution in [0, 0.1) is 5.92 Å². The van der Waals surface area contributed by atoms with Crippen molar-refractivity contribution in [1.29, 1.82) is 0 Å². The number of aliphatic hydroxyl groups is 1. The molecule has 1 fully saturated rings. The number of rotatable bonds is 4. The summed E-state index contributed by atoms with van der Waals surface area (Å²) < 4.78 is 95.9. The summed E-state index contributed by atoms with van der Waals surface area (Å²) in [7, 11) is -4.02. The molecule has 1 aromatic carbocycles. The van der Waals surface area contributed by atoms with Gasteiger partial charge in [0.05, 0.1) is 17.4 Å². The summed E-state index contributed by atoms with van der Waals surface area (Å²) in [5.41, 5.74) is -1.59. The zero-order chi connectivity index (χ0) is 18.1. The molecule has 0 saturated heterocycles. The molecule has 0 unspecified atom stereocenters. The smallest absolute Gasteiger partial charge is 0.312 e. The van der Waals surface area contributed by atoms with Gasteiger partial charge in [0.2, 0.25) is 0 Å². The van der Waals surface area contributed by atoms with Crippen LogP contribution >= 0.6 is 0 Å². The molecule has 2 aliphatic rings. The molecular formula is C14H13F5O4S. The van der Waals surface area contributed by atoms with Gasteiger partial charge in [-0.25, -0.2) is 21.6 Å². The van der Waals surface area contributed by atoms with Crippen LogP contribution in [0.25, 0.3) is 0 Å². The zero-order valence-electron chi connectivity index (χ0n) is 12.3. The molecule has 4 nitrogen and oxygen atoms in total. The SMILES string of the molecule is CS(=O)(=O)c1ccc(OC[C@H]2CC2(F)F)c2c1[C@H](O)C(F)(F)[C@@H]2F. The van der Waals surface area contributed by atoms with Crippen LogP contribution in [0.15, 0.2) is 17.0 Å². The average Bonchev–Trinajstić information content (AvgIpc) is 3.03. The molecule has 0 aromatic heterocycles. The van der Waals surface area contributed by atoms with Gasteiger partial charge in [-0.2, -0.15) is 8.78 Å². The molecule has 134 valence electrons. The average molecular weight is 372 g/mol. The highest BCUT2D eigenvalue weighted by Gasteiger charge is 2.60. The minimum Gasteiger partial charge on any atom is -0.493 e. The van der Waals surface area contributed by atoms with Gasteiger partial charge >= 0.3 is 5.92 Å². The van der Waals surface area contributed by atoms with Crippen LogP contribution in [-0.4, -0.2) is 38.2 Å². The van der Waals surface area contributed by atoms with E-state index in [1.165, 1.54) is 0 Å². The Labute approximate surface area is 134 Å². The summed E-state index contributed by atoms with van der Waals surface area (Å²) in [6.07, 6.45) is -5.37. The molecular weight excluding hydrogens is 359 g/mol. The number of benzene rings is 1. The van der Waals surface area contributed by atoms with Gasteiger partial charge in [-0.15, -0.1) is 0 Å². The fraction of sp³-hybridized carbons (Fsp3) is 0.571. The standard InChI is InChI=1S/C14H13F5O4S/c1-24(21,22)8-3-2-7(23-5-6-4-13(6,16)17)9-10(8)12(20)14(18,19)11(9)15/h2-3,6,11-12,20H,4-5H2,1H3/t6-,11-,12+/m1/s1. The second kappa shape index (κ2) is 5.04. The maximum Gasteiger partial charge on any atom is 0.312 e. The van der Waals surface area contributed by atoms with Crippen molar-refractivity contribution in [3.8, 4) is 5.75 Å². The van der Waals surface area contributed by atoms with E-state index in [4.69, 9.17) is 4.74 Å². The Kier molecular flexibility index (Phi) is 3.66. The summed E-state index contributed by atoms with van der Waals surface area (Å²) in [5.74, 6) is -8.73. The van der Waals surface area contributed by atoms with E-state index in [-0.39, 0.29) is 0 Å². The van der Waals surface area contributed by atoms with Crippen molar-refractivity contribution in [3.63, 3.8) is 0 Å². The minimum atomic E-state index is -4.25. The lowest BCUT2D eigenvalue weighted by Gasteiger charge is -2.16. The third-order valence-corrected chi connectivity index (χ3v) is 5.39. The van der Waals surface area contributed by atoms with Gasteiger partial charge in [-0.1, -0.05) is 0 Å². The van der Waals surface area contributed by atoms with Gasteiger partial charge in [0, 0.05) is 23.8 Å². The van der Waals surface area contributed by atoms with Crippen molar-refractivity contribution in [2.75, 3.05) is 12.9 Å². The van der Waals surface area contributed by atoms with E-state index in [9.17, 15) is 35.5 Å². The Morgan fingerprint density at radius 2 is 1.83 bits per heavy atom. The summed E-state index contributed by atoms with van der Waals surface area (Å²) in [4.78, 5) is -0.645. The molecule has 24 heavy (non-hydrogen) atoms. The molecule has 2 aliphatic carbocycles. The molecule has 0 amide bonds. The molecule has 3 rings (SSSR count). The lowest BCUT2D eigenvalue weighted by atomic mass is 10.1. The first-order valence-electron chi connectivity index (χ1n) is 6.94. The van der Waals surface area contributed by atoms with Crippen LogP contribution < -0.4 is 4.74 Å². The van der Waals surface area contributed by atoms with Crippen molar-refractivity contribution in [3.05, 3.63) is 23.3 Å². The van der Waals surface area contributed by atoms with Crippen molar-refractivity contribution in [2.24, 2.45) is 5.92 Å². The summed E-state index contributed by atoms with van der Waals surface area (Å²) in [6, 6.07) is 1.84. The normalized spacial score (nSPS) is 30.0. The molecule has 10 heteroatoms. The number of aliphatic hydroxyl groups excluding tert-OH is 1. The molecule has 0 radical (unpaired) electrons. The van der Waals surface area contributed by atoms with Gasteiger partial charge in [0.15, 0.2) is 16.0 Å². The Bertz CT molecular complexity index is 793. The topological polar surface area (TPSA) is 63.6 Å². The number of alkyl halides is 5. The molecule has 0 heterocycles. The molecule has 0 bridgehead atoms. The van der Waals surface area contributed by atoms with Gasteiger partial charge < -0.3 is 9.84 Å². The quantitative estimate of drug-likeness (QED) is 0.826. The first kappa shape index (κ1) is 17.4.